The zero-order chi connectivity index (χ0) is 12.1. The number of esters is 1. The van der Waals surface area contributed by atoms with Crippen molar-refractivity contribution in [3.8, 4) is 5.75 Å². The summed E-state index contributed by atoms with van der Waals surface area (Å²) in [5.74, 6) is 0.297. The normalized spacial score (nSPS) is 15.2. The quantitative estimate of drug-likeness (QED) is 0.510. The molecular formula is C13H14ClNO2. The largest absolute Gasteiger partial charge is 0.426 e. The van der Waals surface area contributed by atoms with Crippen molar-refractivity contribution in [2.45, 2.75) is 12.8 Å². The first kappa shape index (κ1) is 12.1. The predicted octanol–water partition coefficient (Wildman–Crippen LogP) is 2.56. The van der Waals surface area contributed by atoms with Gasteiger partial charge in [-0.25, -0.2) is 0 Å². The molecule has 0 atom stereocenters. The van der Waals surface area contributed by atoms with E-state index in [1.807, 2.05) is 0 Å². The second-order valence-corrected chi connectivity index (χ2v) is 4.37. The lowest BCUT2D eigenvalue weighted by Gasteiger charge is -2.13. The van der Waals surface area contributed by atoms with Gasteiger partial charge in [0.05, 0.1) is 6.42 Å². The van der Waals surface area contributed by atoms with Crippen LogP contribution in [0.2, 0.25) is 5.02 Å². The van der Waals surface area contributed by atoms with Crippen molar-refractivity contribution in [2.24, 2.45) is 0 Å². The standard InChI is InChI=1S/C13H14ClNO2/c14-11-3-5-12(6-4-11)17-13(16)8-10-2-1-7-15-9-10/h2-6,15H,1,7-9H2. The third-order valence-electron chi connectivity index (χ3n) is 2.52. The van der Waals surface area contributed by atoms with E-state index in [2.05, 4.69) is 11.4 Å². The monoisotopic (exact) mass is 251 g/mol. The molecule has 2 rings (SSSR count). The van der Waals surface area contributed by atoms with Crippen LogP contribution in [0.3, 0.4) is 0 Å². The van der Waals surface area contributed by atoms with Crippen molar-refractivity contribution >= 4 is 17.6 Å². The summed E-state index contributed by atoms with van der Waals surface area (Å²) in [5, 5.41) is 3.85. The van der Waals surface area contributed by atoms with Gasteiger partial charge >= 0.3 is 5.97 Å². The van der Waals surface area contributed by atoms with Crippen molar-refractivity contribution in [1.29, 1.82) is 0 Å². The summed E-state index contributed by atoms with van der Waals surface area (Å²) in [7, 11) is 0. The fraction of sp³-hybridized carbons (Fsp3) is 0.308. The molecule has 1 heterocycles. The lowest BCUT2D eigenvalue weighted by Crippen LogP contribution is -2.24. The average Bonchev–Trinajstić information content (AvgIpc) is 2.33. The molecular weight excluding hydrogens is 238 g/mol. The van der Waals surface area contributed by atoms with E-state index < -0.39 is 0 Å². The highest BCUT2D eigenvalue weighted by Gasteiger charge is 2.10. The van der Waals surface area contributed by atoms with Crippen molar-refractivity contribution < 1.29 is 9.53 Å². The minimum absolute atomic E-state index is 0.234. The molecule has 0 saturated carbocycles. The van der Waals surface area contributed by atoms with Gasteiger partial charge in [0.15, 0.2) is 0 Å². The van der Waals surface area contributed by atoms with E-state index in [1.54, 1.807) is 24.3 Å². The first-order valence-corrected chi connectivity index (χ1v) is 5.97. The Labute approximate surface area is 105 Å². The molecule has 0 spiro atoms. The lowest BCUT2D eigenvalue weighted by atomic mass is 10.1. The number of nitrogens with one attached hydrogen (secondary N) is 1. The van der Waals surface area contributed by atoms with E-state index in [0.717, 1.165) is 25.1 Å². The van der Waals surface area contributed by atoms with Gasteiger partial charge in [-0.15, -0.1) is 0 Å². The maximum absolute atomic E-state index is 11.6. The Morgan fingerprint density at radius 3 is 2.76 bits per heavy atom. The summed E-state index contributed by atoms with van der Waals surface area (Å²) in [6.45, 7) is 1.76. The second-order valence-electron chi connectivity index (χ2n) is 3.93. The predicted molar refractivity (Wildman–Crippen MR) is 67.3 cm³/mol. The van der Waals surface area contributed by atoms with E-state index in [-0.39, 0.29) is 5.97 Å². The number of benzene rings is 1. The number of carbonyl (C=O) groups excluding carboxylic acids is 1. The van der Waals surface area contributed by atoms with E-state index in [9.17, 15) is 4.79 Å². The summed E-state index contributed by atoms with van der Waals surface area (Å²) >= 11 is 5.75. The summed E-state index contributed by atoms with van der Waals surface area (Å²) in [5.41, 5.74) is 1.09. The van der Waals surface area contributed by atoms with Gasteiger partial charge in [0.1, 0.15) is 5.75 Å². The molecule has 1 aliphatic heterocycles. The zero-order valence-electron chi connectivity index (χ0n) is 9.41. The molecule has 3 nitrogen and oxygen atoms in total. The highest BCUT2D eigenvalue weighted by molar-refractivity contribution is 6.30. The van der Waals surface area contributed by atoms with Crippen LogP contribution < -0.4 is 10.1 Å². The first-order chi connectivity index (χ1) is 8.24. The SMILES string of the molecule is O=C(CC1=CCCNC1)Oc1ccc(Cl)cc1. The van der Waals surface area contributed by atoms with Gasteiger partial charge in [-0.1, -0.05) is 17.7 Å². The van der Waals surface area contributed by atoms with Crippen LogP contribution in [0.15, 0.2) is 35.9 Å². The van der Waals surface area contributed by atoms with Gasteiger partial charge in [-0.05, 0) is 42.8 Å². The highest BCUT2D eigenvalue weighted by atomic mass is 35.5. The van der Waals surface area contributed by atoms with Crippen LogP contribution in [0.4, 0.5) is 0 Å². The minimum Gasteiger partial charge on any atom is -0.426 e. The molecule has 0 amide bonds. The Bertz CT molecular complexity index is 426. The summed E-state index contributed by atoms with van der Waals surface area (Å²) in [6, 6.07) is 6.78. The Kier molecular flexibility index (Phi) is 4.18. The molecule has 0 radical (unpaired) electrons. The van der Waals surface area contributed by atoms with Crippen LogP contribution >= 0.6 is 11.6 Å². The number of rotatable bonds is 3. The Hall–Kier alpha value is -1.32. The topological polar surface area (TPSA) is 38.3 Å². The Balaban J connectivity index is 1.88. The molecule has 0 aliphatic carbocycles. The highest BCUT2D eigenvalue weighted by Crippen LogP contribution is 2.17. The number of halogens is 1. The van der Waals surface area contributed by atoms with Gasteiger partial charge in [0.2, 0.25) is 0 Å². The van der Waals surface area contributed by atoms with Crippen LogP contribution in [-0.4, -0.2) is 19.1 Å². The molecule has 0 saturated heterocycles. The van der Waals surface area contributed by atoms with Gasteiger partial charge in [-0.3, -0.25) is 4.79 Å². The molecule has 4 heteroatoms. The second kappa shape index (κ2) is 5.84. The third-order valence-corrected chi connectivity index (χ3v) is 2.77. The van der Waals surface area contributed by atoms with E-state index in [4.69, 9.17) is 16.3 Å². The van der Waals surface area contributed by atoms with E-state index >= 15 is 0 Å². The minimum atomic E-state index is -0.234. The summed E-state index contributed by atoms with van der Waals surface area (Å²) in [4.78, 5) is 11.6. The fourth-order valence-electron chi connectivity index (χ4n) is 1.69. The number of hydrogen-bond acceptors (Lipinski definition) is 3. The lowest BCUT2D eigenvalue weighted by molar-refractivity contribution is -0.133. The molecule has 1 aliphatic rings. The maximum atomic E-state index is 11.6. The van der Waals surface area contributed by atoms with E-state index in [1.165, 1.54) is 0 Å². The molecule has 0 fully saturated rings. The van der Waals surface area contributed by atoms with Crippen LogP contribution in [0.25, 0.3) is 0 Å². The molecule has 1 N–H and O–H groups in total. The molecule has 1 aromatic carbocycles. The van der Waals surface area contributed by atoms with Crippen LogP contribution in [-0.2, 0) is 4.79 Å². The molecule has 0 bridgehead atoms. The van der Waals surface area contributed by atoms with Gasteiger partial charge in [0, 0.05) is 11.6 Å². The number of ether oxygens (including phenoxy) is 1. The van der Waals surface area contributed by atoms with Crippen molar-refractivity contribution in [3.05, 3.63) is 40.9 Å². The smallest absolute Gasteiger partial charge is 0.315 e. The average molecular weight is 252 g/mol. The summed E-state index contributed by atoms with van der Waals surface area (Å²) in [6.07, 6.45) is 3.42. The molecule has 1 aromatic rings. The van der Waals surface area contributed by atoms with E-state index in [0.29, 0.717) is 17.2 Å². The third kappa shape index (κ3) is 3.88. The Morgan fingerprint density at radius 1 is 1.35 bits per heavy atom. The maximum Gasteiger partial charge on any atom is 0.315 e. The van der Waals surface area contributed by atoms with Crippen LogP contribution in [0.1, 0.15) is 12.8 Å². The number of hydrogen-bond donors (Lipinski definition) is 1. The molecule has 0 unspecified atom stereocenters. The fourth-order valence-corrected chi connectivity index (χ4v) is 1.82. The van der Waals surface area contributed by atoms with Crippen molar-refractivity contribution in [1.82, 2.24) is 5.32 Å². The summed E-state index contributed by atoms with van der Waals surface area (Å²) < 4.78 is 5.21. The van der Waals surface area contributed by atoms with Crippen molar-refractivity contribution in [2.75, 3.05) is 13.1 Å². The van der Waals surface area contributed by atoms with Gasteiger partial charge in [-0.2, -0.15) is 0 Å². The van der Waals surface area contributed by atoms with Crippen LogP contribution in [0, 0.1) is 0 Å². The number of carbonyl (C=O) groups is 1. The zero-order valence-corrected chi connectivity index (χ0v) is 10.2. The Morgan fingerprint density at radius 2 is 2.12 bits per heavy atom. The molecule has 17 heavy (non-hydrogen) atoms. The molecule has 90 valence electrons. The van der Waals surface area contributed by atoms with Crippen LogP contribution in [0.5, 0.6) is 5.75 Å². The van der Waals surface area contributed by atoms with Gasteiger partial charge < -0.3 is 10.1 Å². The molecule has 0 aromatic heterocycles. The van der Waals surface area contributed by atoms with Crippen molar-refractivity contribution in [3.63, 3.8) is 0 Å². The van der Waals surface area contributed by atoms with Gasteiger partial charge in [0.25, 0.3) is 0 Å². The first-order valence-electron chi connectivity index (χ1n) is 5.59.